The first kappa shape index (κ1) is 21.5. The van der Waals surface area contributed by atoms with E-state index in [9.17, 15) is 13.6 Å². The van der Waals surface area contributed by atoms with Gasteiger partial charge in [-0.2, -0.15) is 0 Å². The Balaban J connectivity index is 1.51. The SMILES string of the molecule is CCNC(=NCc1cc(F)ccc1F)NCC(=O)N1CCN(c2ccccc2)CC1. The molecule has 160 valence electrons. The second-order valence-corrected chi connectivity index (χ2v) is 6.99. The minimum absolute atomic E-state index is 0.0229. The van der Waals surface area contributed by atoms with Crippen molar-refractivity contribution in [3.8, 4) is 0 Å². The van der Waals surface area contributed by atoms with Crippen LogP contribution in [0.25, 0.3) is 0 Å². The Morgan fingerprint density at radius 1 is 1.03 bits per heavy atom. The molecule has 8 heteroatoms. The molecule has 30 heavy (non-hydrogen) atoms. The molecule has 1 aliphatic rings. The van der Waals surface area contributed by atoms with Gasteiger partial charge in [-0.3, -0.25) is 4.79 Å². The summed E-state index contributed by atoms with van der Waals surface area (Å²) >= 11 is 0. The topological polar surface area (TPSA) is 60.0 Å². The third kappa shape index (κ3) is 5.92. The van der Waals surface area contributed by atoms with Crippen molar-refractivity contribution in [1.29, 1.82) is 0 Å². The van der Waals surface area contributed by atoms with Gasteiger partial charge in [0.1, 0.15) is 11.6 Å². The van der Waals surface area contributed by atoms with E-state index >= 15 is 0 Å². The number of carbonyl (C=O) groups is 1. The van der Waals surface area contributed by atoms with Crippen LogP contribution in [0.15, 0.2) is 53.5 Å². The zero-order valence-corrected chi connectivity index (χ0v) is 17.1. The normalized spacial score (nSPS) is 14.6. The molecule has 6 nitrogen and oxygen atoms in total. The van der Waals surface area contributed by atoms with Crippen LogP contribution in [0.2, 0.25) is 0 Å². The van der Waals surface area contributed by atoms with Crippen molar-refractivity contribution in [3.63, 3.8) is 0 Å². The second kappa shape index (κ2) is 10.6. The van der Waals surface area contributed by atoms with Crippen molar-refractivity contribution in [3.05, 3.63) is 65.7 Å². The number of nitrogens with one attached hydrogen (secondary N) is 2. The van der Waals surface area contributed by atoms with Crippen molar-refractivity contribution in [1.82, 2.24) is 15.5 Å². The third-order valence-electron chi connectivity index (χ3n) is 4.92. The number of halogens is 2. The summed E-state index contributed by atoms with van der Waals surface area (Å²) in [7, 11) is 0. The standard InChI is InChI=1S/C22H27F2N5O/c1-2-25-22(26-15-17-14-18(23)8-9-20(17)24)27-16-21(30)29-12-10-28(11-13-29)19-6-4-3-5-7-19/h3-9,14H,2,10-13,15-16H2,1H3,(H2,25,26,27). The number of benzene rings is 2. The third-order valence-corrected chi connectivity index (χ3v) is 4.92. The average Bonchev–Trinajstić information content (AvgIpc) is 2.78. The molecule has 2 N–H and O–H groups in total. The number of hydrogen-bond donors (Lipinski definition) is 2. The smallest absolute Gasteiger partial charge is 0.242 e. The molecule has 0 atom stereocenters. The summed E-state index contributed by atoms with van der Waals surface area (Å²) in [4.78, 5) is 20.9. The number of anilines is 1. The molecular weight excluding hydrogens is 388 g/mol. The van der Waals surface area contributed by atoms with E-state index in [0.29, 0.717) is 25.6 Å². The Hall–Kier alpha value is -3.16. The minimum atomic E-state index is -0.511. The van der Waals surface area contributed by atoms with Crippen LogP contribution in [0.1, 0.15) is 12.5 Å². The van der Waals surface area contributed by atoms with E-state index in [1.165, 1.54) is 0 Å². The molecule has 0 aromatic heterocycles. The molecule has 2 aromatic carbocycles. The molecule has 3 rings (SSSR count). The van der Waals surface area contributed by atoms with Gasteiger partial charge in [-0.15, -0.1) is 0 Å². The highest BCUT2D eigenvalue weighted by Crippen LogP contribution is 2.15. The summed E-state index contributed by atoms with van der Waals surface area (Å²) in [6.45, 7) is 5.40. The number of hydrogen-bond acceptors (Lipinski definition) is 3. The predicted octanol–water partition coefficient (Wildman–Crippen LogP) is 2.37. The predicted molar refractivity (Wildman–Crippen MR) is 114 cm³/mol. The van der Waals surface area contributed by atoms with Crippen molar-refractivity contribution in [2.24, 2.45) is 4.99 Å². The van der Waals surface area contributed by atoms with Gasteiger partial charge >= 0.3 is 0 Å². The highest BCUT2D eigenvalue weighted by molar-refractivity contribution is 5.86. The summed E-state index contributed by atoms with van der Waals surface area (Å²) in [5, 5.41) is 6.00. The first-order chi connectivity index (χ1) is 14.6. The number of carbonyl (C=O) groups excluding carboxylic acids is 1. The molecule has 1 amide bonds. The van der Waals surface area contributed by atoms with Crippen LogP contribution in [0.3, 0.4) is 0 Å². The molecule has 0 aliphatic carbocycles. The number of rotatable bonds is 6. The highest BCUT2D eigenvalue weighted by atomic mass is 19.1. The first-order valence-corrected chi connectivity index (χ1v) is 10.1. The lowest BCUT2D eigenvalue weighted by atomic mass is 10.2. The maximum Gasteiger partial charge on any atom is 0.242 e. The van der Waals surface area contributed by atoms with Gasteiger partial charge < -0.3 is 20.4 Å². The summed E-state index contributed by atoms with van der Waals surface area (Å²) in [6.07, 6.45) is 0. The lowest BCUT2D eigenvalue weighted by molar-refractivity contribution is -0.130. The number of aliphatic imine (C=N–C) groups is 1. The largest absolute Gasteiger partial charge is 0.368 e. The summed E-state index contributed by atoms with van der Waals surface area (Å²) in [5.41, 5.74) is 1.32. The maximum absolute atomic E-state index is 13.8. The molecule has 0 saturated carbocycles. The van der Waals surface area contributed by atoms with Crippen LogP contribution >= 0.6 is 0 Å². The number of piperazine rings is 1. The fraction of sp³-hybridized carbons (Fsp3) is 0.364. The number of guanidine groups is 1. The molecule has 2 aromatic rings. The maximum atomic E-state index is 13.8. The van der Waals surface area contributed by atoms with E-state index in [1.807, 2.05) is 30.0 Å². The zero-order chi connectivity index (χ0) is 21.3. The highest BCUT2D eigenvalue weighted by Gasteiger charge is 2.21. The van der Waals surface area contributed by atoms with Crippen LogP contribution in [0.5, 0.6) is 0 Å². The van der Waals surface area contributed by atoms with Crippen molar-refractivity contribution in [2.45, 2.75) is 13.5 Å². The van der Waals surface area contributed by atoms with Crippen LogP contribution < -0.4 is 15.5 Å². The summed E-state index contributed by atoms with van der Waals surface area (Å²) in [6, 6.07) is 13.4. The van der Waals surface area contributed by atoms with E-state index in [-0.39, 0.29) is 24.6 Å². The van der Waals surface area contributed by atoms with Gasteiger partial charge in [-0.25, -0.2) is 13.8 Å². The fourth-order valence-electron chi connectivity index (χ4n) is 3.29. The molecule has 0 radical (unpaired) electrons. The van der Waals surface area contributed by atoms with Gasteiger partial charge in [-0.1, -0.05) is 18.2 Å². The molecule has 1 fully saturated rings. The van der Waals surface area contributed by atoms with Crippen molar-refractivity contribution in [2.75, 3.05) is 44.2 Å². The Morgan fingerprint density at radius 3 is 2.47 bits per heavy atom. The average molecular weight is 415 g/mol. The van der Waals surface area contributed by atoms with Crippen LogP contribution in [0, 0.1) is 11.6 Å². The Bertz CT molecular complexity index is 867. The Kier molecular flexibility index (Phi) is 7.59. The van der Waals surface area contributed by atoms with Gasteiger partial charge in [-0.05, 0) is 37.3 Å². The molecule has 0 spiro atoms. The number of amides is 1. The van der Waals surface area contributed by atoms with Gasteiger partial charge in [0.2, 0.25) is 5.91 Å². The Morgan fingerprint density at radius 2 is 1.77 bits per heavy atom. The van der Waals surface area contributed by atoms with Gasteiger partial charge in [0.25, 0.3) is 0 Å². The lowest BCUT2D eigenvalue weighted by Gasteiger charge is -2.36. The minimum Gasteiger partial charge on any atom is -0.368 e. The molecule has 1 heterocycles. The van der Waals surface area contributed by atoms with E-state index < -0.39 is 11.6 Å². The number of nitrogens with zero attached hydrogens (tertiary/aromatic N) is 3. The van der Waals surface area contributed by atoms with Gasteiger partial charge in [0.15, 0.2) is 5.96 Å². The van der Waals surface area contributed by atoms with Crippen LogP contribution in [-0.2, 0) is 11.3 Å². The molecule has 1 saturated heterocycles. The van der Waals surface area contributed by atoms with Crippen LogP contribution in [0.4, 0.5) is 14.5 Å². The van der Waals surface area contributed by atoms with E-state index in [2.05, 4.69) is 32.7 Å². The van der Waals surface area contributed by atoms with Crippen molar-refractivity contribution >= 4 is 17.6 Å². The summed E-state index contributed by atoms with van der Waals surface area (Å²) < 4.78 is 27.1. The van der Waals surface area contributed by atoms with E-state index in [1.54, 1.807) is 0 Å². The Labute approximate surface area is 175 Å². The van der Waals surface area contributed by atoms with E-state index in [4.69, 9.17) is 0 Å². The van der Waals surface area contributed by atoms with E-state index in [0.717, 1.165) is 37.0 Å². The molecule has 0 unspecified atom stereocenters. The fourth-order valence-corrected chi connectivity index (χ4v) is 3.29. The second-order valence-electron chi connectivity index (χ2n) is 6.99. The number of para-hydroxylation sites is 1. The lowest BCUT2D eigenvalue weighted by Crippen LogP contribution is -2.52. The van der Waals surface area contributed by atoms with Crippen LogP contribution in [-0.4, -0.2) is 56.0 Å². The molecule has 1 aliphatic heterocycles. The molecule has 0 bridgehead atoms. The monoisotopic (exact) mass is 415 g/mol. The zero-order valence-electron chi connectivity index (χ0n) is 17.1. The van der Waals surface area contributed by atoms with Gasteiger partial charge in [0.05, 0.1) is 13.1 Å². The summed E-state index contributed by atoms with van der Waals surface area (Å²) in [5.74, 6) is -0.657. The first-order valence-electron chi connectivity index (χ1n) is 10.1. The quantitative estimate of drug-likeness (QED) is 0.562. The molecular formula is C22H27F2N5O. The van der Waals surface area contributed by atoms with Crippen molar-refractivity contribution < 1.29 is 13.6 Å². The van der Waals surface area contributed by atoms with Gasteiger partial charge in [0, 0.05) is 44.0 Å².